The Morgan fingerprint density at radius 1 is 1.43 bits per heavy atom. The molecule has 4 N–H and O–H groups in total. The number of amides is 2. The van der Waals surface area contributed by atoms with E-state index in [4.69, 9.17) is 11.5 Å². The van der Waals surface area contributed by atoms with Crippen LogP contribution in [0.1, 0.15) is 26.2 Å². The van der Waals surface area contributed by atoms with Crippen LogP contribution in [0.2, 0.25) is 0 Å². The lowest BCUT2D eigenvalue weighted by atomic mass is 10.0. The first-order chi connectivity index (χ1) is 6.54. The van der Waals surface area contributed by atoms with Crippen molar-refractivity contribution in [2.45, 2.75) is 38.3 Å². The van der Waals surface area contributed by atoms with E-state index in [1.54, 1.807) is 6.92 Å². The smallest absolute Gasteiger partial charge is 0.240 e. The number of hydrogen-bond acceptors (Lipinski definition) is 3. The van der Waals surface area contributed by atoms with Gasteiger partial charge in [-0.2, -0.15) is 0 Å². The van der Waals surface area contributed by atoms with Crippen molar-refractivity contribution in [1.29, 1.82) is 0 Å². The fraction of sp³-hybridized carbons (Fsp3) is 0.778. The zero-order chi connectivity index (χ0) is 10.7. The van der Waals surface area contributed by atoms with Gasteiger partial charge in [0.1, 0.15) is 6.04 Å². The van der Waals surface area contributed by atoms with E-state index in [1.165, 1.54) is 4.90 Å². The van der Waals surface area contributed by atoms with Crippen LogP contribution in [0.4, 0.5) is 0 Å². The third-order valence-electron chi connectivity index (χ3n) is 2.50. The molecule has 0 spiro atoms. The zero-order valence-corrected chi connectivity index (χ0v) is 8.40. The highest BCUT2D eigenvalue weighted by Gasteiger charge is 2.31. The lowest BCUT2D eigenvalue weighted by Gasteiger charge is -2.34. The molecule has 1 unspecified atom stereocenters. The number of likely N-dealkylation sites (tertiary alicyclic amines) is 1. The molecular formula is C9H17N3O2. The molecule has 0 bridgehead atoms. The molecule has 2 atom stereocenters. The van der Waals surface area contributed by atoms with E-state index in [9.17, 15) is 9.59 Å². The summed E-state index contributed by atoms with van der Waals surface area (Å²) in [4.78, 5) is 24.2. The van der Waals surface area contributed by atoms with Crippen molar-refractivity contribution < 1.29 is 9.59 Å². The van der Waals surface area contributed by atoms with Gasteiger partial charge in [0.2, 0.25) is 11.8 Å². The van der Waals surface area contributed by atoms with Crippen molar-refractivity contribution in [1.82, 2.24) is 4.90 Å². The number of primary amides is 1. The van der Waals surface area contributed by atoms with E-state index in [1.807, 2.05) is 0 Å². The van der Waals surface area contributed by atoms with E-state index >= 15 is 0 Å². The van der Waals surface area contributed by atoms with Gasteiger partial charge in [0, 0.05) is 6.54 Å². The Balaban J connectivity index is 2.72. The van der Waals surface area contributed by atoms with Gasteiger partial charge in [0.05, 0.1) is 6.04 Å². The maximum atomic E-state index is 11.6. The molecular weight excluding hydrogens is 182 g/mol. The molecule has 0 radical (unpaired) electrons. The molecule has 0 aliphatic carbocycles. The van der Waals surface area contributed by atoms with Gasteiger partial charge in [0.25, 0.3) is 0 Å². The number of carbonyl (C=O) groups excluding carboxylic acids is 2. The van der Waals surface area contributed by atoms with Gasteiger partial charge in [-0.15, -0.1) is 0 Å². The first-order valence-electron chi connectivity index (χ1n) is 4.89. The van der Waals surface area contributed by atoms with Crippen LogP contribution in [0.25, 0.3) is 0 Å². The van der Waals surface area contributed by atoms with E-state index in [-0.39, 0.29) is 5.91 Å². The van der Waals surface area contributed by atoms with Gasteiger partial charge in [-0.05, 0) is 26.2 Å². The summed E-state index contributed by atoms with van der Waals surface area (Å²) in [6, 6.07) is -1.02. The molecule has 0 aromatic heterocycles. The molecule has 1 aliphatic heterocycles. The molecule has 2 amide bonds. The summed E-state index contributed by atoms with van der Waals surface area (Å²) >= 11 is 0. The lowest BCUT2D eigenvalue weighted by molar-refractivity contribution is -0.141. The average molecular weight is 199 g/mol. The van der Waals surface area contributed by atoms with Gasteiger partial charge in [-0.1, -0.05) is 0 Å². The van der Waals surface area contributed by atoms with Crippen molar-refractivity contribution in [2.75, 3.05) is 6.54 Å². The van der Waals surface area contributed by atoms with E-state index in [0.717, 1.165) is 12.8 Å². The topological polar surface area (TPSA) is 89.4 Å². The molecule has 0 saturated carbocycles. The Bertz CT molecular complexity index is 240. The largest absolute Gasteiger partial charge is 0.368 e. The van der Waals surface area contributed by atoms with Crippen molar-refractivity contribution in [2.24, 2.45) is 11.5 Å². The second-order valence-corrected chi connectivity index (χ2v) is 3.73. The van der Waals surface area contributed by atoms with Crippen LogP contribution in [0.3, 0.4) is 0 Å². The van der Waals surface area contributed by atoms with Crippen LogP contribution in [0.5, 0.6) is 0 Å². The van der Waals surface area contributed by atoms with E-state index < -0.39 is 18.0 Å². The molecule has 5 heteroatoms. The molecule has 80 valence electrons. The van der Waals surface area contributed by atoms with Crippen molar-refractivity contribution in [3.63, 3.8) is 0 Å². The first kappa shape index (κ1) is 11.0. The van der Waals surface area contributed by atoms with Gasteiger partial charge in [0.15, 0.2) is 0 Å². The summed E-state index contributed by atoms with van der Waals surface area (Å²) in [7, 11) is 0. The number of piperidine rings is 1. The summed E-state index contributed by atoms with van der Waals surface area (Å²) in [5.41, 5.74) is 10.7. The molecule has 5 nitrogen and oxygen atoms in total. The number of nitrogens with two attached hydrogens (primary N) is 2. The van der Waals surface area contributed by atoms with Gasteiger partial charge in [-0.25, -0.2) is 0 Å². The third-order valence-corrected chi connectivity index (χ3v) is 2.50. The Morgan fingerprint density at radius 2 is 2.07 bits per heavy atom. The quantitative estimate of drug-likeness (QED) is 0.610. The van der Waals surface area contributed by atoms with Gasteiger partial charge in [-0.3, -0.25) is 9.59 Å². The van der Waals surface area contributed by atoms with Crippen LogP contribution in [0.15, 0.2) is 0 Å². The fourth-order valence-electron chi connectivity index (χ4n) is 1.75. The summed E-state index contributed by atoms with van der Waals surface area (Å²) in [5.74, 6) is -0.618. The number of nitrogens with zero attached hydrogens (tertiary/aromatic N) is 1. The molecule has 1 heterocycles. The minimum absolute atomic E-state index is 0.187. The number of hydrogen-bond donors (Lipinski definition) is 2. The number of carbonyl (C=O) groups is 2. The highest BCUT2D eigenvalue weighted by Crippen LogP contribution is 2.17. The third kappa shape index (κ3) is 2.23. The zero-order valence-electron chi connectivity index (χ0n) is 8.40. The van der Waals surface area contributed by atoms with Crippen LogP contribution in [0, 0.1) is 0 Å². The maximum absolute atomic E-state index is 11.6. The van der Waals surface area contributed by atoms with Crippen LogP contribution in [-0.4, -0.2) is 35.3 Å². The minimum Gasteiger partial charge on any atom is -0.368 e. The van der Waals surface area contributed by atoms with Crippen molar-refractivity contribution in [3.05, 3.63) is 0 Å². The summed E-state index contributed by atoms with van der Waals surface area (Å²) in [6.07, 6.45) is 2.52. The molecule has 1 saturated heterocycles. The lowest BCUT2D eigenvalue weighted by Crippen LogP contribution is -2.54. The Morgan fingerprint density at radius 3 is 2.57 bits per heavy atom. The normalized spacial score (nSPS) is 24.4. The summed E-state index contributed by atoms with van der Waals surface area (Å²) in [6.45, 7) is 2.21. The highest BCUT2D eigenvalue weighted by molar-refractivity contribution is 5.88. The fourth-order valence-corrected chi connectivity index (χ4v) is 1.75. The monoisotopic (exact) mass is 199 g/mol. The predicted molar refractivity (Wildman–Crippen MR) is 52.2 cm³/mol. The molecule has 0 aromatic rings. The van der Waals surface area contributed by atoms with Crippen LogP contribution in [-0.2, 0) is 9.59 Å². The minimum atomic E-state index is -0.560. The standard InChI is InChI=1S/C9H17N3O2/c1-6(10)9(14)12-5-3-2-4-7(12)8(11)13/h6-7H,2-5,10H2,1H3,(H2,11,13)/t6-,7?/m0/s1. The Labute approximate surface area is 83.4 Å². The summed E-state index contributed by atoms with van der Waals surface area (Å²) < 4.78 is 0. The Hall–Kier alpha value is -1.10. The first-order valence-corrected chi connectivity index (χ1v) is 4.89. The predicted octanol–water partition coefficient (Wildman–Crippen LogP) is -0.800. The Kier molecular flexibility index (Phi) is 3.46. The van der Waals surface area contributed by atoms with E-state index in [2.05, 4.69) is 0 Å². The molecule has 1 aliphatic rings. The highest BCUT2D eigenvalue weighted by atomic mass is 16.2. The molecule has 1 fully saturated rings. The number of rotatable bonds is 2. The maximum Gasteiger partial charge on any atom is 0.240 e. The molecule has 0 aromatic carbocycles. The second kappa shape index (κ2) is 4.41. The van der Waals surface area contributed by atoms with Crippen molar-refractivity contribution >= 4 is 11.8 Å². The van der Waals surface area contributed by atoms with Gasteiger partial charge < -0.3 is 16.4 Å². The SMILES string of the molecule is C[C@H](N)C(=O)N1CCCCC1C(N)=O. The van der Waals surface area contributed by atoms with Crippen molar-refractivity contribution in [3.8, 4) is 0 Å². The molecule has 14 heavy (non-hydrogen) atoms. The second-order valence-electron chi connectivity index (χ2n) is 3.73. The average Bonchev–Trinajstić information content (AvgIpc) is 2.16. The van der Waals surface area contributed by atoms with Crippen LogP contribution >= 0.6 is 0 Å². The van der Waals surface area contributed by atoms with E-state index in [0.29, 0.717) is 13.0 Å². The van der Waals surface area contributed by atoms with Gasteiger partial charge >= 0.3 is 0 Å². The van der Waals surface area contributed by atoms with Crippen LogP contribution < -0.4 is 11.5 Å². The summed E-state index contributed by atoms with van der Waals surface area (Å²) in [5, 5.41) is 0. The molecule has 1 rings (SSSR count).